The molecular weight excluding hydrogens is 322 g/mol. The molecule has 2 aliphatic heterocycles. The number of hydrogen-bond donors (Lipinski definition) is 1. The lowest BCUT2D eigenvalue weighted by Crippen LogP contribution is -2.57. The zero-order valence-electron chi connectivity index (χ0n) is 14.8. The van der Waals surface area contributed by atoms with E-state index in [4.69, 9.17) is 9.47 Å². The third-order valence-corrected chi connectivity index (χ3v) is 5.44. The van der Waals surface area contributed by atoms with Crippen LogP contribution in [0.2, 0.25) is 0 Å². The number of carbonyl (C=O) groups is 1. The van der Waals surface area contributed by atoms with Gasteiger partial charge in [-0.3, -0.25) is 5.32 Å². The molecule has 8 nitrogen and oxygen atoms in total. The Hall–Kier alpha value is -1.67. The summed E-state index contributed by atoms with van der Waals surface area (Å²) in [6.07, 6.45) is 8.61. The first-order valence-corrected chi connectivity index (χ1v) is 9.36. The van der Waals surface area contributed by atoms with Gasteiger partial charge in [-0.2, -0.15) is 0 Å². The molecule has 0 bridgehead atoms. The van der Waals surface area contributed by atoms with Crippen LogP contribution in [0.25, 0.3) is 0 Å². The molecular formula is C17H27N5O3. The van der Waals surface area contributed by atoms with Gasteiger partial charge in [-0.15, -0.1) is 5.10 Å². The van der Waals surface area contributed by atoms with E-state index in [2.05, 4.69) is 15.4 Å². The van der Waals surface area contributed by atoms with Crippen LogP contribution in [-0.4, -0.2) is 63.7 Å². The maximum atomic E-state index is 12.7. The Labute approximate surface area is 147 Å². The standard InChI is InChI=1S/C17H27N5O3/c1-13-9-21(10-17(25-13)7-8-24-11-17)16(23)19-15-18-12-22(20-15)14-5-3-2-4-6-14/h12-14H,2-11H2,1H3,(H,19,20,23)/t13-,17+/m0/s1. The number of carbonyl (C=O) groups excluding carboxylic acids is 1. The maximum Gasteiger partial charge on any atom is 0.324 e. The minimum atomic E-state index is -0.357. The van der Waals surface area contributed by atoms with Gasteiger partial charge in [0.1, 0.15) is 11.9 Å². The van der Waals surface area contributed by atoms with Gasteiger partial charge >= 0.3 is 6.03 Å². The third kappa shape index (κ3) is 3.64. The van der Waals surface area contributed by atoms with Crippen molar-refractivity contribution in [2.45, 2.75) is 63.2 Å². The monoisotopic (exact) mass is 349 g/mol. The fourth-order valence-corrected chi connectivity index (χ4v) is 4.21. The predicted octanol–water partition coefficient (Wildman–Crippen LogP) is 2.20. The predicted molar refractivity (Wildman–Crippen MR) is 91.4 cm³/mol. The molecule has 138 valence electrons. The number of amides is 2. The summed E-state index contributed by atoms with van der Waals surface area (Å²) in [5, 5.41) is 7.31. The molecule has 0 aromatic carbocycles. The molecule has 2 amide bonds. The number of hydrogen-bond acceptors (Lipinski definition) is 5. The van der Waals surface area contributed by atoms with Gasteiger partial charge in [-0.05, 0) is 19.8 Å². The summed E-state index contributed by atoms with van der Waals surface area (Å²) in [6, 6.07) is 0.247. The number of ether oxygens (including phenoxy) is 2. The van der Waals surface area contributed by atoms with Crippen molar-refractivity contribution in [3.63, 3.8) is 0 Å². The molecule has 3 fully saturated rings. The average Bonchev–Trinajstić information content (AvgIpc) is 3.25. The molecule has 1 saturated carbocycles. The van der Waals surface area contributed by atoms with Crippen LogP contribution in [0.4, 0.5) is 10.7 Å². The lowest BCUT2D eigenvalue weighted by Gasteiger charge is -2.42. The van der Waals surface area contributed by atoms with E-state index in [1.54, 1.807) is 11.2 Å². The lowest BCUT2D eigenvalue weighted by atomic mass is 9.96. The number of nitrogens with zero attached hydrogens (tertiary/aromatic N) is 4. The molecule has 2 saturated heterocycles. The topological polar surface area (TPSA) is 81.5 Å². The van der Waals surface area contributed by atoms with Crippen molar-refractivity contribution >= 4 is 12.0 Å². The molecule has 4 rings (SSSR count). The zero-order chi connectivity index (χ0) is 17.3. The first-order valence-electron chi connectivity index (χ1n) is 9.36. The molecule has 1 aliphatic carbocycles. The van der Waals surface area contributed by atoms with Crippen LogP contribution in [-0.2, 0) is 9.47 Å². The van der Waals surface area contributed by atoms with Crippen LogP contribution in [0.15, 0.2) is 6.33 Å². The van der Waals surface area contributed by atoms with Crippen molar-refractivity contribution in [2.24, 2.45) is 0 Å². The van der Waals surface area contributed by atoms with Gasteiger partial charge in [0.05, 0.1) is 25.3 Å². The molecule has 25 heavy (non-hydrogen) atoms. The summed E-state index contributed by atoms with van der Waals surface area (Å²) in [7, 11) is 0. The largest absolute Gasteiger partial charge is 0.378 e. The van der Waals surface area contributed by atoms with Crippen LogP contribution >= 0.6 is 0 Å². The molecule has 3 heterocycles. The molecule has 0 radical (unpaired) electrons. The van der Waals surface area contributed by atoms with Gasteiger partial charge in [0.15, 0.2) is 0 Å². The second-order valence-corrected chi connectivity index (χ2v) is 7.56. The number of nitrogens with one attached hydrogen (secondary N) is 1. The highest BCUT2D eigenvalue weighted by molar-refractivity contribution is 5.87. The number of morpholine rings is 1. The van der Waals surface area contributed by atoms with E-state index < -0.39 is 0 Å². The Morgan fingerprint density at radius 3 is 2.96 bits per heavy atom. The van der Waals surface area contributed by atoms with Crippen molar-refractivity contribution in [2.75, 3.05) is 31.6 Å². The van der Waals surface area contributed by atoms with Crippen LogP contribution in [0.3, 0.4) is 0 Å². The molecule has 1 aromatic rings. The third-order valence-electron chi connectivity index (χ3n) is 5.44. The Morgan fingerprint density at radius 1 is 1.36 bits per heavy atom. The number of urea groups is 1. The van der Waals surface area contributed by atoms with Crippen molar-refractivity contribution in [1.82, 2.24) is 19.7 Å². The summed E-state index contributed by atoms with van der Waals surface area (Å²) < 4.78 is 13.5. The summed E-state index contributed by atoms with van der Waals surface area (Å²) >= 11 is 0. The van der Waals surface area contributed by atoms with Crippen LogP contribution < -0.4 is 5.32 Å². The normalized spacial score (nSPS) is 30.8. The Balaban J connectivity index is 1.39. The fourth-order valence-electron chi connectivity index (χ4n) is 4.21. The van der Waals surface area contributed by atoms with E-state index in [9.17, 15) is 4.79 Å². The van der Waals surface area contributed by atoms with Crippen molar-refractivity contribution < 1.29 is 14.3 Å². The maximum absolute atomic E-state index is 12.7. The number of anilines is 1. The van der Waals surface area contributed by atoms with Gasteiger partial charge in [0.25, 0.3) is 0 Å². The van der Waals surface area contributed by atoms with Crippen LogP contribution in [0.5, 0.6) is 0 Å². The first kappa shape index (κ1) is 16.8. The molecule has 8 heteroatoms. The Morgan fingerprint density at radius 2 is 2.20 bits per heavy atom. The van der Waals surface area contributed by atoms with Crippen LogP contribution in [0.1, 0.15) is 51.5 Å². The van der Waals surface area contributed by atoms with E-state index in [1.807, 2.05) is 11.6 Å². The highest BCUT2D eigenvalue weighted by Crippen LogP contribution is 2.30. The molecule has 1 aromatic heterocycles. The smallest absolute Gasteiger partial charge is 0.324 e. The fraction of sp³-hybridized carbons (Fsp3) is 0.824. The highest BCUT2D eigenvalue weighted by atomic mass is 16.6. The Bertz CT molecular complexity index is 607. The Kier molecular flexibility index (Phi) is 4.64. The summed E-state index contributed by atoms with van der Waals surface area (Å²) in [5.41, 5.74) is -0.357. The quantitative estimate of drug-likeness (QED) is 0.885. The SMILES string of the molecule is C[C@H]1CN(C(=O)Nc2ncn(C3CCCCC3)n2)C[C@@]2(CCOC2)O1. The van der Waals surface area contributed by atoms with Crippen LogP contribution in [0, 0.1) is 0 Å². The van der Waals surface area contributed by atoms with Gasteiger partial charge in [-0.1, -0.05) is 19.3 Å². The highest BCUT2D eigenvalue weighted by Gasteiger charge is 2.44. The van der Waals surface area contributed by atoms with E-state index in [1.165, 1.54) is 19.3 Å². The number of rotatable bonds is 2. The minimum Gasteiger partial charge on any atom is -0.378 e. The van der Waals surface area contributed by atoms with E-state index in [-0.39, 0.29) is 17.7 Å². The van der Waals surface area contributed by atoms with Gasteiger partial charge in [0, 0.05) is 19.6 Å². The molecule has 3 aliphatic rings. The van der Waals surface area contributed by atoms with Crippen molar-refractivity contribution in [1.29, 1.82) is 0 Å². The van der Waals surface area contributed by atoms with Gasteiger partial charge in [0.2, 0.25) is 5.95 Å². The molecule has 1 N–H and O–H groups in total. The van der Waals surface area contributed by atoms with Crippen molar-refractivity contribution in [3.05, 3.63) is 6.33 Å². The average molecular weight is 349 g/mol. The number of aromatic nitrogens is 3. The minimum absolute atomic E-state index is 0.00560. The summed E-state index contributed by atoms with van der Waals surface area (Å²) in [5.74, 6) is 0.381. The lowest BCUT2D eigenvalue weighted by molar-refractivity contribution is -0.136. The van der Waals surface area contributed by atoms with E-state index >= 15 is 0 Å². The molecule has 2 atom stereocenters. The van der Waals surface area contributed by atoms with Gasteiger partial charge < -0.3 is 14.4 Å². The van der Waals surface area contributed by atoms with Crippen molar-refractivity contribution in [3.8, 4) is 0 Å². The second-order valence-electron chi connectivity index (χ2n) is 7.56. The van der Waals surface area contributed by atoms with E-state index in [0.29, 0.717) is 38.3 Å². The van der Waals surface area contributed by atoms with E-state index in [0.717, 1.165) is 19.3 Å². The molecule has 1 spiro atoms. The second kappa shape index (κ2) is 6.92. The molecule has 0 unspecified atom stereocenters. The first-order chi connectivity index (χ1) is 12.1. The summed E-state index contributed by atoms with van der Waals surface area (Å²) in [4.78, 5) is 18.7. The summed E-state index contributed by atoms with van der Waals surface area (Å²) in [6.45, 7) is 4.35. The van der Waals surface area contributed by atoms with Gasteiger partial charge in [-0.25, -0.2) is 14.5 Å². The zero-order valence-corrected chi connectivity index (χ0v) is 14.8.